The molecule has 0 bridgehead atoms. The Balaban J connectivity index is 2.47. The smallest absolute Gasteiger partial charge is 0.238 e. The lowest BCUT2D eigenvalue weighted by Crippen LogP contribution is -2.12. The van der Waals surface area contributed by atoms with Gasteiger partial charge in [0.15, 0.2) is 5.75 Å². The van der Waals surface area contributed by atoms with E-state index in [1.54, 1.807) is 0 Å². The zero-order chi connectivity index (χ0) is 15.8. The number of ether oxygens (including phenoxy) is 1. The lowest BCUT2D eigenvalue weighted by molar-refractivity contribution is 0.474. The van der Waals surface area contributed by atoms with Crippen molar-refractivity contribution in [1.82, 2.24) is 0 Å². The molecule has 2 aromatic carbocycles. The lowest BCUT2D eigenvalue weighted by Gasteiger charge is -2.11. The van der Waals surface area contributed by atoms with Gasteiger partial charge < -0.3 is 10.5 Å². The quantitative estimate of drug-likeness (QED) is 0.616. The van der Waals surface area contributed by atoms with Crippen LogP contribution in [0.25, 0.3) is 0 Å². The lowest BCUT2D eigenvalue weighted by atomic mass is 10.3. The summed E-state index contributed by atoms with van der Waals surface area (Å²) in [6, 6.07) is 6.09. The summed E-state index contributed by atoms with van der Waals surface area (Å²) in [7, 11) is -3.90. The maximum atomic E-state index is 13.5. The van der Waals surface area contributed by atoms with Gasteiger partial charge in [0.05, 0.1) is 20.1 Å². The summed E-state index contributed by atoms with van der Waals surface area (Å²) < 4.78 is 41.9. The normalized spacial score (nSPS) is 11.4. The van der Waals surface area contributed by atoms with Crippen LogP contribution in [0.3, 0.4) is 0 Å². The minimum absolute atomic E-state index is 0.0314. The largest absolute Gasteiger partial charge is 0.454 e. The number of halogens is 3. The number of rotatable bonds is 3. The second-order valence-corrected chi connectivity index (χ2v) is 6.87. The molecule has 5 nitrogen and oxygen atoms in total. The molecule has 0 unspecified atom stereocenters. The van der Waals surface area contributed by atoms with Crippen LogP contribution < -0.4 is 15.6 Å². The van der Waals surface area contributed by atoms with Crippen LogP contribution in [0.5, 0.6) is 11.5 Å². The molecule has 0 radical (unpaired) electrons. The maximum absolute atomic E-state index is 13.5. The molecule has 2 aromatic rings. The first kappa shape index (κ1) is 16.0. The van der Waals surface area contributed by atoms with Crippen molar-refractivity contribution in [2.24, 2.45) is 5.14 Å². The fraction of sp³-hybridized carbons (Fsp3) is 0. The fourth-order valence-corrected chi connectivity index (χ4v) is 2.73. The average Bonchev–Trinajstić information content (AvgIpc) is 2.37. The summed E-state index contributed by atoms with van der Waals surface area (Å²) in [5.41, 5.74) is 5.87. The van der Waals surface area contributed by atoms with Crippen molar-refractivity contribution in [1.29, 1.82) is 0 Å². The van der Waals surface area contributed by atoms with E-state index in [1.165, 1.54) is 18.2 Å². The SMILES string of the molecule is Nc1ccc(S(N)(=O)=O)cc1Oc1cc(F)c(Cl)cc1Br. The van der Waals surface area contributed by atoms with Crippen molar-refractivity contribution in [2.45, 2.75) is 4.90 Å². The van der Waals surface area contributed by atoms with Crippen LogP contribution in [0, 0.1) is 5.82 Å². The second-order valence-electron chi connectivity index (χ2n) is 4.04. The van der Waals surface area contributed by atoms with Gasteiger partial charge in [-0.3, -0.25) is 0 Å². The number of sulfonamides is 1. The molecule has 0 saturated carbocycles. The van der Waals surface area contributed by atoms with Crippen molar-refractivity contribution in [2.75, 3.05) is 5.73 Å². The molecule has 0 aliphatic heterocycles. The maximum Gasteiger partial charge on any atom is 0.238 e. The fourth-order valence-electron chi connectivity index (χ4n) is 1.48. The van der Waals surface area contributed by atoms with Gasteiger partial charge in [0, 0.05) is 12.1 Å². The molecule has 0 heterocycles. The summed E-state index contributed by atoms with van der Waals surface area (Å²) in [6.07, 6.45) is 0. The van der Waals surface area contributed by atoms with E-state index in [0.29, 0.717) is 4.47 Å². The predicted octanol–water partition coefficient (Wildman–Crippen LogP) is 3.26. The number of anilines is 1. The molecule has 4 N–H and O–H groups in total. The Bertz CT molecular complexity index is 814. The van der Waals surface area contributed by atoms with Crippen LogP contribution in [0.1, 0.15) is 0 Å². The minimum Gasteiger partial charge on any atom is -0.454 e. The third kappa shape index (κ3) is 3.65. The minimum atomic E-state index is -3.90. The Morgan fingerprint density at radius 2 is 1.86 bits per heavy atom. The number of hydrogen-bond donors (Lipinski definition) is 2. The molecule has 0 aliphatic rings. The molecule has 0 fully saturated rings. The summed E-state index contributed by atoms with van der Waals surface area (Å²) in [5.74, 6) is -0.560. The van der Waals surface area contributed by atoms with Crippen LogP contribution in [0.2, 0.25) is 5.02 Å². The van der Waals surface area contributed by atoms with Crippen LogP contribution >= 0.6 is 27.5 Å². The van der Waals surface area contributed by atoms with Gasteiger partial charge in [0.25, 0.3) is 0 Å². The van der Waals surface area contributed by atoms with Gasteiger partial charge in [0.2, 0.25) is 10.0 Å². The number of benzene rings is 2. The van der Waals surface area contributed by atoms with Crippen molar-refractivity contribution in [3.63, 3.8) is 0 Å². The van der Waals surface area contributed by atoms with Gasteiger partial charge in [-0.1, -0.05) is 11.6 Å². The van der Waals surface area contributed by atoms with Gasteiger partial charge >= 0.3 is 0 Å². The van der Waals surface area contributed by atoms with E-state index in [-0.39, 0.29) is 27.1 Å². The highest BCUT2D eigenvalue weighted by atomic mass is 79.9. The highest BCUT2D eigenvalue weighted by Crippen LogP contribution is 2.36. The van der Waals surface area contributed by atoms with Crippen LogP contribution in [0.4, 0.5) is 10.1 Å². The first-order chi connectivity index (χ1) is 9.68. The molecule has 9 heteroatoms. The molecule has 0 aliphatic carbocycles. The summed E-state index contributed by atoms with van der Waals surface area (Å²) in [5, 5.41) is 4.95. The molecule has 0 spiro atoms. The first-order valence-electron chi connectivity index (χ1n) is 5.43. The molecule has 112 valence electrons. The molecule has 21 heavy (non-hydrogen) atoms. The Hall–Kier alpha value is -1.35. The third-order valence-electron chi connectivity index (χ3n) is 2.51. The van der Waals surface area contributed by atoms with Gasteiger partial charge in [-0.05, 0) is 34.1 Å². The Labute approximate surface area is 133 Å². The molecule has 0 amide bonds. The summed E-state index contributed by atoms with van der Waals surface area (Å²) in [4.78, 5) is -0.169. The van der Waals surface area contributed by atoms with Crippen molar-refractivity contribution >= 4 is 43.2 Å². The van der Waals surface area contributed by atoms with Gasteiger partial charge in [-0.2, -0.15) is 0 Å². The number of nitrogen functional groups attached to an aromatic ring is 1. The number of nitrogens with two attached hydrogens (primary N) is 2. The second kappa shape index (κ2) is 5.80. The molecule has 0 aromatic heterocycles. The molecule has 2 rings (SSSR count). The van der Waals surface area contributed by atoms with E-state index < -0.39 is 15.8 Å². The predicted molar refractivity (Wildman–Crippen MR) is 81.4 cm³/mol. The Morgan fingerprint density at radius 1 is 1.19 bits per heavy atom. The van der Waals surface area contributed by atoms with E-state index >= 15 is 0 Å². The van der Waals surface area contributed by atoms with Crippen molar-refractivity contribution < 1.29 is 17.5 Å². The van der Waals surface area contributed by atoms with Crippen LogP contribution in [-0.4, -0.2) is 8.42 Å². The van der Waals surface area contributed by atoms with E-state index in [2.05, 4.69) is 15.9 Å². The van der Waals surface area contributed by atoms with E-state index in [9.17, 15) is 12.8 Å². The Morgan fingerprint density at radius 3 is 2.48 bits per heavy atom. The number of hydrogen-bond acceptors (Lipinski definition) is 4. The average molecular weight is 396 g/mol. The summed E-state index contributed by atoms with van der Waals surface area (Å²) in [6.45, 7) is 0. The molecule has 0 saturated heterocycles. The van der Waals surface area contributed by atoms with Crippen molar-refractivity contribution in [3.8, 4) is 11.5 Å². The van der Waals surface area contributed by atoms with E-state index in [0.717, 1.165) is 12.1 Å². The summed E-state index contributed by atoms with van der Waals surface area (Å²) >= 11 is 8.79. The van der Waals surface area contributed by atoms with Crippen LogP contribution in [-0.2, 0) is 10.0 Å². The van der Waals surface area contributed by atoms with Gasteiger partial charge in [-0.15, -0.1) is 0 Å². The number of primary sulfonamides is 1. The zero-order valence-electron chi connectivity index (χ0n) is 10.3. The standard InChI is InChI=1S/C12H9BrClFN2O3S/c13-7-4-8(14)9(15)5-11(7)20-12-3-6(21(17,18)19)1-2-10(12)16/h1-5H,16H2,(H2,17,18,19). The Kier molecular flexibility index (Phi) is 4.43. The first-order valence-corrected chi connectivity index (χ1v) is 8.15. The zero-order valence-corrected chi connectivity index (χ0v) is 13.5. The van der Waals surface area contributed by atoms with E-state index in [1.807, 2.05) is 0 Å². The van der Waals surface area contributed by atoms with Gasteiger partial charge in [-0.25, -0.2) is 17.9 Å². The highest BCUT2D eigenvalue weighted by molar-refractivity contribution is 9.10. The third-order valence-corrected chi connectivity index (χ3v) is 4.33. The molecule has 0 atom stereocenters. The highest BCUT2D eigenvalue weighted by Gasteiger charge is 2.14. The molecular formula is C12H9BrClFN2O3S. The monoisotopic (exact) mass is 394 g/mol. The topological polar surface area (TPSA) is 95.4 Å². The van der Waals surface area contributed by atoms with Crippen molar-refractivity contribution in [3.05, 3.63) is 45.6 Å². The molecular weight excluding hydrogens is 387 g/mol. The van der Waals surface area contributed by atoms with Crippen LogP contribution in [0.15, 0.2) is 39.7 Å². The van der Waals surface area contributed by atoms with E-state index in [4.69, 9.17) is 27.2 Å². The van der Waals surface area contributed by atoms with Gasteiger partial charge in [0.1, 0.15) is 11.6 Å².